The van der Waals surface area contributed by atoms with Crippen molar-refractivity contribution in [3.63, 3.8) is 0 Å². The number of carboxylic acids is 1. The molecule has 0 aromatic rings. The molecular formula is C10H19NO5S. The second-order valence-corrected chi connectivity index (χ2v) is 6.39. The lowest BCUT2D eigenvalue weighted by molar-refractivity contribution is -0.146. The number of aliphatic carboxylic acids is 1. The molecular weight excluding hydrogens is 246 g/mol. The molecule has 0 radical (unpaired) electrons. The van der Waals surface area contributed by atoms with Crippen molar-refractivity contribution in [1.82, 2.24) is 4.72 Å². The molecule has 6 nitrogen and oxygen atoms in total. The van der Waals surface area contributed by atoms with E-state index in [1.54, 1.807) is 0 Å². The Bertz CT molecular complexity index is 348. The molecule has 0 aromatic carbocycles. The zero-order chi connectivity index (χ0) is 12.9. The Morgan fingerprint density at radius 3 is 2.41 bits per heavy atom. The molecule has 1 rings (SSSR count). The van der Waals surface area contributed by atoms with Gasteiger partial charge in [-0.1, -0.05) is 19.3 Å². The summed E-state index contributed by atoms with van der Waals surface area (Å²) in [7, 11) is -3.36. The van der Waals surface area contributed by atoms with Crippen LogP contribution in [-0.2, 0) is 14.8 Å². The van der Waals surface area contributed by atoms with Crippen molar-refractivity contribution in [2.24, 2.45) is 0 Å². The summed E-state index contributed by atoms with van der Waals surface area (Å²) >= 11 is 0. The van der Waals surface area contributed by atoms with Crippen LogP contribution in [0.5, 0.6) is 0 Å². The van der Waals surface area contributed by atoms with Gasteiger partial charge < -0.3 is 10.2 Å². The van der Waals surface area contributed by atoms with E-state index in [-0.39, 0.29) is 18.2 Å². The fourth-order valence-corrected chi connectivity index (χ4v) is 3.55. The second kappa shape index (κ2) is 6.32. The first-order chi connectivity index (χ1) is 7.93. The topological polar surface area (TPSA) is 104 Å². The average Bonchev–Trinajstić information content (AvgIpc) is 2.29. The van der Waals surface area contributed by atoms with Gasteiger partial charge in [0.1, 0.15) is 0 Å². The number of hydrogen-bond donors (Lipinski definition) is 3. The van der Waals surface area contributed by atoms with Crippen LogP contribution in [0.3, 0.4) is 0 Å². The second-order valence-electron chi connectivity index (χ2n) is 4.34. The first-order valence-corrected chi connectivity index (χ1v) is 7.37. The predicted octanol–water partition coefficient (Wildman–Crippen LogP) is 0.0741. The highest BCUT2D eigenvalue weighted by Crippen LogP contribution is 2.22. The number of sulfonamides is 1. The molecule has 0 spiro atoms. The third-order valence-electron chi connectivity index (χ3n) is 3.00. The van der Waals surface area contributed by atoms with Gasteiger partial charge in [0, 0.05) is 6.54 Å². The number of aliphatic hydroxyl groups is 1. The number of carbonyl (C=O) groups is 1. The molecule has 0 amide bonds. The molecule has 1 aliphatic carbocycles. The van der Waals surface area contributed by atoms with E-state index in [9.17, 15) is 13.2 Å². The first kappa shape index (κ1) is 14.4. The monoisotopic (exact) mass is 265 g/mol. The summed E-state index contributed by atoms with van der Waals surface area (Å²) in [4.78, 5) is 10.3. The fraction of sp³-hybridized carbons (Fsp3) is 0.900. The van der Waals surface area contributed by atoms with Crippen LogP contribution >= 0.6 is 0 Å². The van der Waals surface area contributed by atoms with E-state index in [2.05, 4.69) is 4.72 Å². The zero-order valence-corrected chi connectivity index (χ0v) is 10.4. The molecule has 1 unspecified atom stereocenters. The summed E-state index contributed by atoms with van der Waals surface area (Å²) in [6.45, 7) is -0.0354. The molecule has 1 atom stereocenters. The van der Waals surface area contributed by atoms with Crippen LogP contribution in [0.25, 0.3) is 0 Å². The lowest BCUT2D eigenvalue weighted by atomic mass is 10.0. The van der Waals surface area contributed by atoms with Gasteiger partial charge in [-0.25, -0.2) is 17.9 Å². The van der Waals surface area contributed by atoms with E-state index in [1.165, 1.54) is 0 Å². The molecule has 1 fully saturated rings. The van der Waals surface area contributed by atoms with Crippen LogP contribution in [0.1, 0.15) is 38.5 Å². The highest BCUT2D eigenvalue weighted by atomic mass is 32.2. The predicted molar refractivity (Wildman–Crippen MR) is 62.1 cm³/mol. The van der Waals surface area contributed by atoms with E-state index in [0.717, 1.165) is 19.3 Å². The Kier molecular flexibility index (Phi) is 5.35. The fourth-order valence-electron chi connectivity index (χ4n) is 1.95. The van der Waals surface area contributed by atoms with Gasteiger partial charge in [-0.15, -0.1) is 0 Å². The number of carboxylic acid groups (broad SMARTS) is 1. The Hall–Kier alpha value is -0.660. The summed E-state index contributed by atoms with van der Waals surface area (Å²) in [5.41, 5.74) is 0. The third-order valence-corrected chi connectivity index (χ3v) is 4.95. The average molecular weight is 265 g/mol. The first-order valence-electron chi connectivity index (χ1n) is 5.83. The van der Waals surface area contributed by atoms with Gasteiger partial charge in [0.05, 0.1) is 5.25 Å². The maximum absolute atomic E-state index is 11.8. The molecule has 0 aliphatic heterocycles. The quantitative estimate of drug-likeness (QED) is 0.630. The van der Waals surface area contributed by atoms with E-state index in [1.807, 2.05) is 0 Å². The van der Waals surface area contributed by atoms with E-state index >= 15 is 0 Å². The van der Waals surface area contributed by atoms with Crippen LogP contribution in [0.15, 0.2) is 0 Å². The van der Waals surface area contributed by atoms with Crippen LogP contribution < -0.4 is 4.72 Å². The highest BCUT2D eigenvalue weighted by molar-refractivity contribution is 7.90. The van der Waals surface area contributed by atoms with Crippen LogP contribution in [0.4, 0.5) is 0 Å². The summed E-state index contributed by atoms with van der Waals surface area (Å²) in [6.07, 6.45) is 2.62. The van der Waals surface area contributed by atoms with Crippen LogP contribution in [-0.4, -0.2) is 42.5 Å². The van der Waals surface area contributed by atoms with E-state index in [4.69, 9.17) is 10.2 Å². The molecule has 3 N–H and O–H groups in total. The van der Waals surface area contributed by atoms with E-state index < -0.39 is 22.1 Å². The Morgan fingerprint density at radius 2 is 1.88 bits per heavy atom. The van der Waals surface area contributed by atoms with Gasteiger partial charge in [-0.05, 0) is 19.3 Å². The number of nitrogens with one attached hydrogen (secondary N) is 1. The van der Waals surface area contributed by atoms with Crippen molar-refractivity contribution in [2.45, 2.75) is 49.9 Å². The van der Waals surface area contributed by atoms with Gasteiger partial charge in [-0.3, -0.25) is 0 Å². The number of rotatable bonds is 6. The van der Waals surface area contributed by atoms with Crippen molar-refractivity contribution in [1.29, 1.82) is 0 Å². The summed E-state index contributed by atoms with van der Waals surface area (Å²) < 4.78 is 26.0. The van der Waals surface area contributed by atoms with E-state index in [0.29, 0.717) is 12.8 Å². The molecule has 1 aliphatic rings. The minimum absolute atomic E-state index is 0.0354. The number of hydrogen-bond acceptors (Lipinski definition) is 4. The molecule has 7 heteroatoms. The maximum atomic E-state index is 11.8. The van der Waals surface area contributed by atoms with Gasteiger partial charge in [0.15, 0.2) is 6.10 Å². The van der Waals surface area contributed by atoms with Gasteiger partial charge in [-0.2, -0.15) is 0 Å². The smallest absolute Gasteiger partial charge is 0.332 e. The molecule has 0 heterocycles. The molecule has 17 heavy (non-hydrogen) atoms. The Morgan fingerprint density at radius 1 is 1.29 bits per heavy atom. The largest absolute Gasteiger partial charge is 0.479 e. The summed E-state index contributed by atoms with van der Waals surface area (Å²) in [5, 5.41) is 17.1. The molecule has 0 bridgehead atoms. The number of aliphatic hydroxyl groups excluding tert-OH is 1. The molecule has 0 saturated heterocycles. The normalized spacial score (nSPS) is 20.1. The SMILES string of the molecule is O=C(O)C(O)CCNS(=O)(=O)C1CCCCC1. The summed E-state index contributed by atoms with van der Waals surface area (Å²) in [5.74, 6) is -1.33. The minimum atomic E-state index is -3.36. The van der Waals surface area contributed by atoms with Crippen LogP contribution in [0.2, 0.25) is 0 Å². The Balaban J connectivity index is 2.36. The van der Waals surface area contributed by atoms with Gasteiger partial charge >= 0.3 is 5.97 Å². The molecule has 0 aromatic heterocycles. The lowest BCUT2D eigenvalue weighted by Gasteiger charge is -2.22. The molecule has 100 valence electrons. The standard InChI is InChI=1S/C10H19NO5S/c12-9(10(13)14)6-7-11-17(15,16)8-4-2-1-3-5-8/h8-9,11-12H,1-7H2,(H,13,14). The minimum Gasteiger partial charge on any atom is -0.479 e. The van der Waals surface area contributed by atoms with Crippen molar-refractivity contribution < 1.29 is 23.4 Å². The van der Waals surface area contributed by atoms with Crippen molar-refractivity contribution in [3.8, 4) is 0 Å². The Labute approximate surface area is 101 Å². The van der Waals surface area contributed by atoms with Crippen molar-refractivity contribution in [3.05, 3.63) is 0 Å². The molecule has 1 saturated carbocycles. The third kappa shape index (κ3) is 4.61. The van der Waals surface area contributed by atoms with Crippen molar-refractivity contribution >= 4 is 16.0 Å². The van der Waals surface area contributed by atoms with Crippen molar-refractivity contribution in [2.75, 3.05) is 6.54 Å². The summed E-state index contributed by atoms with van der Waals surface area (Å²) in [6, 6.07) is 0. The zero-order valence-electron chi connectivity index (χ0n) is 9.63. The van der Waals surface area contributed by atoms with Gasteiger partial charge in [0.25, 0.3) is 0 Å². The van der Waals surface area contributed by atoms with Gasteiger partial charge in [0.2, 0.25) is 10.0 Å². The lowest BCUT2D eigenvalue weighted by Crippen LogP contribution is -2.37. The maximum Gasteiger partial charge on any atom is 0.332 e. The van der Waals surface area contributed by atoms with Crippen LogP contribution in [0, 0.1) is 0 Å². The highest BCUT2D eigenvalue weighted by Gasteiger charge is 2.27.